The highest BCUT2D eigenvalue weighted by molar-refractivity contribution is 5.82. The predicted molar refractivity (Wildman–Crippen MR) is 111 cm³/mol. The maximum Gasteiger partial charge on any atom is 0.132 e. The minimum absolute atomic E-state index is 0.494. The van der Waals surface area contributed by atoms with Crippen molar-refractivity contribution in [3.63, 3.8) is 0 Å². The van der Waals surface area contributed by atoms with E-state index < -0.39 is 0 Å². The molecule has 1 aromatic carbocycles. The van der Waals surface area contributed by atoms with E-state index in [0.717, 1.165) is 39.5 Å². The first kappa shape index (κ1) is 18.6. The van der Waals surface area contributed by atoms with Gasteiger partial charge in [-0.25, -0.2) is 4.52 Å². The van der Waals surface area contributed by atoms with Crippen LogP contribution < -0.4 is 14.4 Å². The van der Waals surface area contributed by atoms with Crippen LogP contribution in [0.5, 0.6) is 11.5 Å². The molecule has 148 valence electrons. The molecular weight excluding hydrogens is 354 g/mol. The third kappa shape index (κ3) is 3.07. The molecule has 4 rings (SSSR count). The summed E-state index contributed by atoms with van der Waals surface area (Å²) >= 11 is 0. The Labute approximate surface area is 165 Å². The maximum atomic E-state index is 5.72. The van der Waals surface area contributed by atoms with Crippen molar-refractivity contribution in [3.8, 4) is 22.8 Å². The van der Waals surface area contributed by atoms with Crippen LogP contribution in [0.4, 0.5) is 5.69 Å². The summed E-state index contributed by atoms with van der Waals surface area (Å²) in [7, 11) is 7.19. The second-order valence-corrected chi connectivity index (χ2v) is 7.29. The number of aryl methyl sites for hydroxylation is 1. The van der Waals surface area contributed by atoms with E-state index >= 15 is 0 Å². The molecule has 0 aliphatic heterocycles. The number of fused-ring (bicyclic) bond motifs is 1. The summed E-state index contributed by atoms with van der Waals surface area (Å²) < 4.78 is 18.7. The Hall–Kier alpha value is -2.73. The van der Waals surface area contributed by atoms with Crippen molar-refractivity contribution in [2.24, 2.45) is 0 Å². The number of nitrogens with zero attached hydrogens (tertiary/aromatic N) is 3. The molecular formula is C22H27N3O3. The summed E-state index contributed by atoms with van der Waals surface area (Å²) in [6, 6.07) is 10.8. The number of anilines is 1. The monoisotopic (exact) mass is 381 g/mol. The van der Waals surface area contributed by atoms with Crippen molar-refractivity contribution in [3.05, 3.63) is 41.6 Å². The van der Waals surface area contributed by atoms with Crippen LogP contribution in [0.1, 0.15) is 24.1 Å². The average molecular weight is 381 g/mol. The van der Waals surface area contributed by atoms with Gasteiger partial charge in [-0.3, -0.25) is 0 Å². The molecule has 1 fully saturated rings. The van der Waals surface area contributed by atoms with Crippen LogP contribution >= 0.6 is 0 Å². The lowest BCUT2D eigenvalue weighted by Gasteiger charge is -2.19. The van der Waals surface area contributed by atoms with Crippen LogP contribution in [0.3, 0.4) is 0 Å². The van der Waals surface area contributed by atoms with Crippen LogP contribution in [0.15, 0.2) is 30.3 Å². The Morgan fingerprint density at radius 1 is 1.11 bits per heavy atom. The summed E-state index contributed by atoms with van der Waals surface area (Å²) in [5.41, 5.74) is 6.13. The molecule has 0 amide bonds. The van der Waals surface area contributed by atoms with E-state index in [1.54, 1.807) is 21.3 Å². The topological polar surface area (TPSA) is 48.2 Å². The number of aromatic nitrogens is 2. The summed E-state index contributed by atoms with van der Waals surface area (Å²) in [4.78, 5) is 2.36. The molecule has 1 aliphatic rings. The van der Waals surface area contributed by atoms with Crippen molar-refractivity contribution in [2.45, 2.75) is 32.4 Å². The van der Waals surface area contributed by atoms with Crippen LogP contribution in [0, 0.1) is 6.92 Å². The molecule has 1 saturated carbocycles. The minimum Gasteiger partial charge on any atom is -0.496 e. The zero-order valence-electron chi connectivity index (χ0n) is 17.2. The first-order valence-corrected chi connectivity index (χ1v) is 9.54. The van der Waals surface area contributed by atoms with E-state index in [-0.39, 0.29) is 0 Å². The molecule has 0 unspecified atom stereocenters. The molecule has 0 N–H and O–H groups in total. The van der Waals surface area contributed by atoms with Gasteiger partial charge in [0.1, 0.15) is 11.5 Å². The van der Waals surface area contributed by atoms with Crippen LogP contribution in [-0.4, -0.2) is 44.0 Å². The highest BCUT2D eigenvalue weighted by Gasteiger charge is 2.30. The molecule has 6 heteroatoms. The van der Waals surface area contributed by atoms with Crippen LogP contribution in [0.25, 0.3) is 16.8 Å². The average Bonchev–Trinajstić information content (AvgIpc) is 3.49. The van der Waals surface area contributed by atoms with Crippen molar-refractivity contribution < 1.29 is 14.2 Å². The van der Waals surface area contributed by atoms with Crippen LogP contribution in [0.2, 0.25) is 0 Å². The Kier molecular flexibility index (Phi) is 4.89. The van der Waals surface area contributed by atoms with Crippen molar-refractivity contribution in [2.75, 3.05) is 33.3 Å². The fourth-order valence-electron chi connectivity index (χ4n) is 3.91. The Morgan fingerprint density at radius 3 is 2.36 bits per heavy atom. The number of hydrogen-bond acceptors (Lipinski definition) is 5. The highest BCUT2D eigenvalue weighted by atomic mass is 16.5. The summed E-state index contributed by atoms with van der Waals surface area (Å²) in [5.74, 6) is 1.48. The Bertz CT molecular complexity index is 983. The fourth-order valence-corrected chi connectivity index (χ4v) is 3.91. The van der Waals surface area contributed by atoms with E-state index in [1.165, 1.54) is 18.5 Å². The summed E-state index contributed by atoms with van der Waals surface area (Å²) in [6.45, 7) is 2.57. The molecule has 2 heterocycles. The first-order valence-electron chi connectivity index (χ1n) is 9.54. The molecule has 3 aromatic rings. The lowest BCUT2D eigenvalue weighted by Crippen LogP contribution is -2.19. The fraction of sp³-hybridized carbons (Fsp3) is 0.409. The SMILES string of the molecule is COCc1cc(OC)c(-c2cccc3c(N(C)C4CC4)c(C)nn23)c(OC)c1. The van der Waals surface area contributed by atoms with Crippen molar-refractivity contribution in [1.82, 2.24) is 9.61 Å². The van der Waals surface area contributed by atoms with E-state index in [1.807, 2.05) is 16.6 Å². The molecule has 1 aliphatic carbocycles. The third-order valence-corrected chi connectivity index (χ3v) is 5.38. The third-order valence-electron chi connectivity index (χ3n) is 5.38. The highest BCUT2D eigenvalue weighted by Crippen LogP contribution is 2.42. The van der Waals surface area contributed by atoms with Crippen molar-refractivity contribution in [1.29, 1.82) is 0 Å². The van der Waals surface area contributed by atoms with Gasteiger partial charge in [0.15, 0.2) is 0 Å². The van der Waals surface area contributed by atoms with Gasteiger partial charge in [0.2, 0.25) is 0 Å². The second kappa shape index (κ2) is 7.36. The molecule has 6 nitrogen and oxygen atoms in total. The number of rotatable bonds is 7. The van der Waals surface area contributed by atoms with Gasteiger partial charge in [-0.05, 0) is 49.6 Å². The van der Waals surface area contributed by atoms with Gasteiger partial charge in [-0.15, -0.1) is 0 Å². The van der Waals surface area contributed by atoms with E-state index in [2.05, 4.69) is 37.1 Å². The van der Waals surface area contributed by atoms with Gasteiger partial charge in [0, 0.05) is 20.2 Å². The minimum atomic E-state index is 0.494. The smallest absolute Gasteiger partial charge is 0.132 e. The van der Waals surface area contributed by atoms with Gasteiger partial charge < -0.3 is 19.1 Å². The van der Waals surface area contributed by atoms with E-state index in [9.17, 15) is 0 Å². The predicted octanol–water partition coefficient (Wildman–Crippen LogP) is 4.07. The number of ether oxygens (including phenoxy) is 3. The van der Waals surface area contributed by atoms with Crippen molar-refractivity contribution >= 4 is 11.2 Å². The number of methoxy groups -OCH3 is 3. The van der Waals surface area contributed by atoms with Gasteiger partial charge in [-0.1, -0.05) is 6.07 Å². The quantitative estimate of drug-likeness (QED) is 0.617. The largest absolute Gasteiger partial charge is 0.496 e. The molecule has 0 spiro atoms. The molecule has 0 saturated heterocycles. The number of hydrogen-bond donors (Lipinski definition) is 0. The van der Waals surface area contributed by atoms with E-state index in [0.29, 0.717) is 12.6 Å². The van der Waals surface area contributed by atoms with Gasteiger partial charge in [0.25, 0.3) is 0 Å². The molecule has 2 aromatic heterocycles. The summed E-state index contributed by atoms with van der Waals surface area (Å²) in [5, 5.41) is 4.87. The zero-order valence-corrected chi connectivity index (χ0v) is 17.2. The normalized spacial score (nSPS) is 13.8. The summed E-state index contributed by atoms with van der Waals surface area (Å²) in [6.07, 6.45) is 2.49. The molecule has 0 atom stereocenters. The standard InChI is InChI=1S/C22H27N3O3/c1-14-22(24(2)16-9-10-16)18-8-6-7-17(25(18)23-14)21-19(27-4)11-15(13-26-3)12-20(21)28-5/h6-8,11-12,16H,9-10,13H2,1-5H3. The number of pyridine rings is 1. The molecule has 28 heavy (non-hydrogen) atoms. The Balaban J connectivity index is 1.93. The lowest BCUT2D eigenvalue weighted by molar-refractivity contribution is 0.184. The molecule has 0 bridgehead atoms. The first-order chi connectivity index (χ1) is 13.6. The second-order valence-electron chi connectivity index (χ2n) is 7.29. The number of benzene rings is 1. The van der Waals surface area contributed by atoms with Crippen LogP contribution in [-0.2, 0) is 11.3 Å². The lowest BCUT2D eigenvalue weighted by atomic mass is 10.0. The zero-order chi connectivity index (χ0) is 19.8. The molecule has 0 radical (unpaired) electrons. The Morgan fingerprint density at radius 2 is 1.79 bits per heavy atom. The van der Waals surface area contributed by atoms with Gasteiger partial charge >= 0.3 is 0 Å². The maximum absolute atomic E-state index is 5.72. The van der Waals surface area contributed by atoms with E-state index in [4.69, 9.17) is 19.3 Å². The van der Waals surface area contributed by atoms with Gasteiger partial charge in [0.05, 0.1) is 49.0 Å². The van der Waals surface area contributed by atoms with Gasteiger partial charge in [-0.2, -0.15) is 5.10 Å².